The fourth-order valence-corrected chi connectivity index (χ4v) is 3.21. The second-order valence-electron chi connectivity index (χ2n) is 5.81. The number of ether oxygens (including phenoxy) is 1. The molecule has 130 valence electrons. The van der Waals surface area contributed by atoms with Gasteiger partial charge >= 0.3 is 5.97 Å². The van der Waals surface area contributed by atoms with Gasteiger partial charge in [-0.05, 0) is 25.0 Å². The van der Waals surface area contributed by atoms with Gasteiger partial charge in [0.1, 0.15) is 17.3 Å². The van der Waals surface area contributed by atoms with Crippen molar-refractivity contribution >= 4 is 21.9 Å². The number of hydrogen-bond donors (Lipinski definition) is 2. The molecule has 2 unspecified atom stereocenters. The molecule has 0 aliphatic carbocycles. The smallest absolute Gasteiger partial charge is 0.355 e. The molecule has 0 amide bonds. The van der Waals surface area contributed by atoms with Crippen LogP contribution in [0.4, 0.5) is 0 Å². The number of hydrogen-bond acceptors (Lipinski definition) is 5. The number of aromatic carboxylic acids is 1. The van der Waals surface area contributed by atoms with E-state index in [4.69, 9.17) is 9.84 Å². The predicted molar refractivity (Wildman–Crippen MR) is 92.1 cm³/mol. The summed E-state index contributed by atoms with van der Waals surface area (Å²) in [4.78, 5) is 11.8. The number of carbonyl (C=O) groups is 1. The number of nitrogens with zero attached hydrogens (tertiary/aromatic N) is 3. The zero-order chi connectivity index (χ0) is 18.0. The molecule has 25 heavy (non-hydrogen) atoms. The summed E-state index contributed by atoms with van der Waals surface area (Å²) < 4.78 is 7.80. The van der Waals surface area contributed by atoms with E-state index < -0.39 is 5.97 Å². The van der Waals surface area contributed by atoms with Crippen molar-refractivity contribution < 1.29 is 19.7 Å². The van der Waals surface area contributed by atoms with Crippen LogP contribution in [0.25, 0.3) is 11.3 Å². The van der Waals surface area contributed by atoms with E-state index in [0.717, 1.165) is 4.47 Å². The van der Waals surface area contributed by atoms with Crippen molar-refractivity contribution in [1.82, 2.24) is 9.78 Å². The lowest BCUT2D eigenvalue weighted by molar-refractivity contribution is -0.0415. The Morgan fingerprint density at radius 3 is 2.64 bits per heavy atom. The Morgan fingerprint density at radius 2 is 2.12 bits per heavy atom. The number of benzene rings is 1. The van der Waals surface area contributed by atoms with E-state index in [-0.39, 0.29) is 36.6 Å². The number of aromatic nitrogens is 2. The summed E-state index contributed by atoms with van der Waals surface area (Å²) >= 11 is 3.35. The van der Waals surface area contributed by atoms with Crippen LogP contribution in [0.15, 0.2) is 28.7 Å². The van der Waals surface area contributed by atoms with Gasteiger partial charge in [-0.1, -0.05) is 28.1 Å². The first-order valence-electron chi connectivity index (χ1n) is 7.79. The molecule has 2 aromatic rings. The van der Waals surface area contributed by atoms with E-state index in [0.29, 0.717) is 24.1 Å². The Hall–Kier alpha value is -2.21. The van der Waals surface area contributed by atoms with Crippen LogP contribution in [0.3, 0.4) is 0 Å². The average molecular weight is 406 g/mol. The van der Waals surface area contributed by atoms with E-state index in [2.05, 4.69) is 21.0 Å². The number of carboxylic acids is 1. The summed E-state index contributed by atoms with van der Waals surface area (Å²) in [6.45, 7) is 0.184. The summed E-state index contributed by atoms with van der Waals surface area (Å²) in [5.41, 5.74) is 0.929. The third-order valence-corrected chi connectivity index (χ3v) is 4.77. The summed E-state index contributed by atoms with van der Waals surface area (Å²) in [5, 5.41) is 32.7. The van der Waals surface area contributed by atoms with Crippen LogP contribution in [0.5, 0.6) is 0 Å². The molecular formula is C17H16BrN3O4. The second-order valence-corrected chi connectivity index (χ2v) is 6.73. The first-order valence-corrected chi connectivity index (χ1v) is 8.58. The maximum absolute atomic E-state index is 11.8. The van der Waals surface area contributed by atoms with Gasteiger partial charge in [-0.3, -0.25) is 4.68 Å². The third kappa shape index (κ3) is 3.44. The van der Waals surface area contributed by atoms with Crippen molar-refractivity contribution in [2.45, 2.75) is 25.0 Å². The Bertz CT molecular complexity index is 818. The molecule has 3 rings (SSSR count). The minimum absolute atomic E-state index is 0.0408. The van der Waals surface area contributed by atoms with Gasteiger partial charge < -0.3 is 14.9 Å². The van der Waals surface area contributed by atoms with Crippen molar-refractivity contribution in [2.75, 3.05) is 13.2 Å². The van der Waals surface area contributed by atoms with Crippen LogP contribution < -0.4 is 0 Å². The Labute approximate surface area is 152 Å². The molecule has 2 atom stereocenters. The zero-order valence-electron chi connectivity index (χ0n) is 13.2. The van der Waals surface area contributed by atoms with E-state index in [9.17, 15) is 15.2 Å². The first-order chi connectivity index (χ1) is 12.0. The maximum Gasteiger partial charge on any atom is 0.355 e. The number of nitriles is 1. The van der Waals surface area contributed by atoms with Gasteiger partial charge in [0.05, 0.1) is 25.4 Å². The van der Waals surface area contributed by atoms with Crippen LogP contribution in [0.2, 0.25) is 0 Å². The van der Waals surface area contributed by atoms with Gasteiger partial charge in [0.2, 0.25) is 0 Å². The number of aliphatic hydroxyl groups is 1. The highest BCUT2D eigenvalue weighted by molar-refractivity contribution is 9.10. The van der Waals surface area contributed by atoms with Crippen molar-refractivity contribution in [3.63, 3.8) is 0 Å². The molecule has 7 nitrogen and oxygen atoms in total. The largest absolute Gasteiger partial charge is 0.476 e. The van der Waals surface area contributed by atoms with Gasteiger partial charge in [0, 0.05) is 10.0 Å². The molecule has 0 radical (unpaired) electrons. The molecule has 0 saturated carbocycles. The summed E-state index contributed by atoms with van der Waals surface area (Å²) in [6.07, 6.45) is 0.995. The normalized spacial score (nSPS) is 20.2. The van der Waals surface area contributed by atoms with Gasteiger partial charge in [-0.15, -0.1) is 0 Å². The van der Waals surface area contributed by atoms with Crippen LogP contribution in [0.1, 0.15) is 34.9 Å². The molecule has 1 aliphatic rings. The van der Waals surface area contributed by atoms with Crippen molar-refractivity contribution in [3.05, 3.63) is 40.0 Å². The molecule has 1 aromatic carbocycles. The maximum atomic E-state index is 11.8. The fourth-order valence-electron chi connectivity index (χ4n) is 2.95. The van der Waals surface area contributed by atoms with E-state index in [1.807, 2.05) is 18.2 Å². The topological polar surface area (TPSA) is 108 Å². The first kappa shape index (κ1) is 17.6. The molecule has 2 heterocycles. The lowest BCUT2D eigenvalue weighted by Gasteiger charge is -2.28. The third-order valence-electron chi connectivity index (χ3n) is 4.24. The minimum Gasteiger partial charge on any atom is -0.476 e. The van der Waals surface area contributed by atoms with E-state index in [1.165, 1.54) is 4.68 Å². The van der Waals surface area contributed by atoms with Crippen LogP contribution in [-0.2, 0) is 4.74 Å². The molecule has 8 heteroatoms. The van der Waals surface area contributed by atoms with Crippen LogP contribution >= 0.6 is 15.9 Å². The van der Waals surface area contributed by atoms with Crippen molar-refractivity contribution in [3.8, 4) is 17.3 Å². The molecule has 1 aliphatic heterocycles. The standard InChI is InChI=1S/C17H16BrN3O4/c18-11-3-1-10(2-4-11)15-14(7-19)16(17(23)24)21(20-15)12-5-6-13(8-22)25-9-12/h1-4,12-13,22H,5-6,8-9H2,(H,23,24). The molecule has 1 fully saturated rings. The number of carboxylic acid groups (broad SMARTS) is 1. The van der Waals surface area contributed by atoms with Gasteiger partial charge in [0.25, 0.3) is 0 Å². The molecule has 2 N–H and O–H groups in total. The monoisotopic (exact) mass is 405 g/mol. The Balaban J connectivity index is 2.05. The van der Waals surface area contributed by atoms with Crippen molar-refractivity contribution in [2.24, 2.45) is 0 Å². The molecule has 1 aromatic heterocycles. The highest BCUT2D eigenvalue weighted by Gasteiger charge is 2.31. The molecule has 0 bridgehead atoms. The van der Waals surface area contributed by atoms with Crippen molar-refractivity contribution in [1.29, 1.82) is 5.26 Å². The van der Waals surface area contributed by atoms with Gasteiger partial charge in [0.15, 0.2) is 5.69 Å². The average Bonchev–Trinajstić information content (AvgIpc) is 3.02. The summed E-state index contributed by atoms with van der Waals surface area (Å²) in [6, 6.07) is 8.88. The lowest BCUT2D eigenvalue weighted by Crippen LogP contribution is -2.32. The van der Waals surface area contributed by atoms with Gasteiger partial charge in [-0.25, -0.2) is 4.79 Å². The highest BCUT2D eigenvalue weighted by Crippen LogP contribution is 2.31. The highest BCUT2D eigenvalue weighted by atomic mass is 79.9. The number of aliphatic hydroxyl groups excluding tert-OH is 1. The molecular weight excluding hydrogens is 390 g/mol. The lowest BCUT2D eigenvalue weighted by atomic mass is 10.0. The number of halogens is 1. The minimum atomic E-state index is -1.20. The van der Waals surface area contributed by atoms with Gasteiger partial charge in [-0.2, -0.15) is 10.4 Å². The van der Waals surface area contributed by atoms with Crippen LogP contribution in [-0.4, -0.2) is 45.3 Å². The Morgan fingerprint density at radius 1 is 1.40 bits per heavy atom. The molecule has 1 saturated heterocycles. The zero-order valence-corrected chi connectivity index (χ0v) is 14.8. The second kappa shape index (κ2) is 7.35. The number of rotatable bonds is 4. The summed E-state index contributed by atoms with van der Waals surface area (Å²) in [5.74, 6) is -1.20. The summed E-state index contributed by atoms with van der Waals surface area (Å²) in [7, 11) is 0. The quantitative estimate of drug-likeness (QED) is 0.808. The van der Waals surface area contributed by atoms with E-state index in [1.54, 1.807) is 12.1 Å². The van der Waals surface area contributed by atoms with Crippen LogP contribution in [0, 0.1) is 11.3 Å². The predicted octanol–water partition coefficient (Wildman–Crippen LogP) is 2.59. The fraction of sp³-hybridized carbons (Fsp3) is 0.353. The van der Waals surface area contributed by atoms with E-state index >= 15 is 0 Å². The molecule has 0 spiro atoms. The SMILES string of the molecule is N#Cc1c(-c2ccc(Br)cc2)nn(C2CCC(CO)OC2)c1C(=O)O. The Kier molecular flexibility index (Phi) is 5.18.